The number of benzene rings is 1. The van der Waals surface area contributed by atoms with Crippen molar-refractivity contribution in [3.05, 3.63) is 63.2 Å². The molecule has 0 saturated heterocycles. The third-order valence-electron chi connectivity index (χ3n) is 5.23. The SMILES string of the molecule is COc1nc2c(cc1NCc1cc(F)c(F)c(F)c1)c(=O)c(C(=O)O)cn2C(CO)C(C)C. The van der Waals surface area contributed by atoms with Gasteiger partial charge in [-0.25, -0.2) is 18.0 Å². The minimum absolute atomic E-state index is 0.0160. The van der Waals surface area contributed by atoms with Gasteiger partial charge < -0.3 is 24.8 Å². The minimum atomic E-state index is -1.59. The van der Waals surface area contributed by atoms with E-state index < -0.39 is 40.5 Å². The van der Waals surface area contributed by atoms with Crippen molar-refractivity contribution in [3.8, 4) is 5.88 Å². The number of hydrogen-bond donors (Lipinski definition) is 3. The van der Waals surface area contributed by atoms with Crippen molar-refractivity contribution in [2.75, 3.05) is 19.0 Å². The number of carboxylic acid groups (broad SMARTS) is 1. The van der Waals surface area contributed by atoms with E-state index in [2.05, 4.69) is 10.3 Å². The lowest BCUT2D eigenvalue weighted by molar-refractivity contribution is 0.0694. The fourth-order valence-electron chi connectivity index (χ4n) is 3.47. The molecule has 11 heteroatoms. The Morgan fingerprint density at radius 2 is 1.85 bits per heavy atom. The average molecular weight is 465 g/mol. The number of pyridine rings is 2. The lowest BCUT2D eigenvalue weighted by Gasteiger charge is -2.24. The number of aromatic carboxylic acids is 1. The molecule has 0 aliphatic carbocycles. The van der Waals surface area contributed by atoms with Crippen LogP contribution in [0.5, 0.6) is 5.88 Å². The zero-order valence-corrected chi connectivity index (χ0v) is 18.0. The van der Waals surface area contributed by atoms with Crippen molar-refractivity contribution in [1.82, 2.24) is 9.55 Å². The topological polar surface area (TPSA) is 114 Å². The summed E-state index contributed by atoms with van der Waals surface area (Å²) in [6.07, 6.45) is 1.14. The predicted octanol–water partition coefficient (Wildman–Crippen LogP) is 3.32. The van der Waals surface area contributed by atoms with Gasteiger partial charge in [-0.1, -0.05) is 13.8 Å². The van der Waals surface area contributed by atoms with Crippen LogP contribution in [0.15, 0.2) is 29.2 Å². The summed E-state index contributed by atoms with van der Waals surface area (Å²) < 4.78 is 46.9. The van der Waals surface area contributed by atoms with Crippen molar-refractivity contribution in [1.29, 1.82) is 0 Å². The number of methoxy groups -OCH3 is 1. The average Bonchev–Trinajstić information content (AvgIpc) is 2.76. The molecule has 0 fully saturated rings. The van der Waals surface area contributed by atoms with Crippen molar-refractivity contribution in [3.63, 3.8) is 0 Å². The number of nitrogens with zero attached hydrogens (tertiary/aromatic N) is 2. The highest BCUT2D eigenvalue weighted by Gasteiger charge is 2.23. The first-order valence-electron chi connectivity index (χ1n) is 9.94. The van der Waals surface area contributed by atoms with Gasteiger partial charge in [-0.05, 0) is 29.7 Å². The van der Waals surface area contributed by atoms with E-state index in [1.54, 1.807) is 0 Å². The van der Waals surface area contributed by atoms with Gasteiger partial charge in [-0.15, -0.1) is 0 Å². The monoisotopic (exact) mass is 465 g/mol. The number of aliphatic hydroxyl groups excluding tert-OH is 1. The first-order valence-corrected chi connectivity index (χ1v) is 9.94. The van der Waals surface area contributed by atoms with Gasteiger partial charge in [-0.2, -0.15) is 4.98 Å². The van der Waals surface area contributed by atoms with Crippen LogP contribution in [-0.4, -0.2) is 39.5 Å². The summed E-state index contributed by atoms with van der Waals surface area (Å²) in [4.78, 5) is 28.9. The molecule has 176 valence electrons. The molecular weight excluding hydrogens is 443 g/mol. The van der Waals surface area contributed by atoms with Crippen LogP contribution in [0.25, 0.3) is 11.0 Å². The lowest BCUT2D eigenvalue weighted by atomic mass is 10.0. The second kappa shape index (κ2) is 9.49. The molecule has 0 aliphatic rings. The van der Waals surface area contributed by atoms with Crippen molar-refractivity contribution in [2.45, 2.75) is 26.4 Å². The highest BCUT2D eigenvalue weighted by Crippen LogP contribution is 2.29. The van der Waals surface area contributed by atoms with Crippen LogP contribution in [0, 0.1) is 23.4 Å². The summed E-state index contributed by atoms with van der Waals surface area (Å²) in [7, 11) is 1.32. The first-order chi connectivity index (χ1) is 15.6. The highest BCUT2D eigenvalue weighted by molar-refractivity contribution is 5.93. The molecule has 3 aromatic rings. The van der Waals surface area contributed by atoms with E-state index in [1.807, 2.05) is 13.8 Å². The molecule has 2 aromatic heterocycles. The van der Waals surface area contributed by atoms with Gasteiger partial charge in [0.15, 0.2) is 17.5 Å². The van der Waals surface area contributed by atoms with E-state index in [0.29, 0.717) is 0 Å². The van der Waals surface area contributed by atoms with Crippen LogP contribution < -0.4 is 15.5 Å². The summed E-state index contributed by atoms with van der Waals surface area (Å²) in [5.41, 5.74) is -0.996. The molecule has 3 rings (SSSR count). The van der Waals surface area contributed by atoms with Crippen LogP contribution in [0.2, 0.25) is 0 Å². The third-order valence-corrected chi connectivity index (χ3v) is 5.23. The van der Waals surface area contributed by atoms with Gasteiger partial charge in [0.2, 0.25) is 11.3 Å². The molecule has 0 aliphatic heterocycles. The number of aromatic nitrogens is 2. The van der Waals surface area contributed by atoms with Crippen LogP contribution in [0.3, 0.4) is 0 Å². The number of carbonyl (C=O) groups is 1. The molecule has 33 heavy (non-hydrogen) atoms. The summed E-state index contributed by atoms with van der Waals surface area (Å²) in [6.45, 7) is 3.13. The van der Waals surface area contributed by atoms with Gasteiger partial charge in [0.05, 0.1) is 30.8 Å². The van der Waals surface area contributed by atoms with Crippen LogP contribution in [-0.2, 0) is 6.54 Å². The lowest BCUT2D eigenvalue weighted by Crippen LogP contribution is -2.26. The van der Waals surface area contributed by atoms with Gasteiger partial charge in [0.25, 0.3) is 0 Å². The Kier molecular flexibility index (Phi) is 6.92. The molecule has 1 unspecified atom stereocenters. The zero-order valence-electron chi connectivity index (χ0n) is 18.0. The Morgan fingerprint density at radius 3 is 2.36 bits per heavy atom. The van der Waals surface area contributed by atoms with E-state index in [0.717, 1.165) is 18.3 Å². The maximum absolute atomic E-state index is 13.5. The number of anilines is 1. The van der Waals surface area contributed by atoms with Gasteiger partial charge in [0, 0.05) is 12.7 Å². The Morgan fingerprint density at radius 1 is 1.21 bits per heavy atom. The van der Waals surface area contributed by atoms with E-state index in [-0.39, 0.29) is 47.2 Å². The molecule has 0 amide bonds. The number of rotatable bonds is 8. The van der Waals surface area contributed by atoms with E-state index in [1.165, 1.54) is 17.7 Å². The van der Waals surface area contributed by atoms with Crippen molar-refractivity contribution < 1.29 is 32.9 Å². The Labute approximate surface area is 186 Å². The molecule has 0 spiro atoms. The van der Waals surface area contributed by atoms with Crippen molar-refractivity contribution >= 4 is 22.7 Å². The number of nitrogens with one attached hydrogen (secondary N) is 1. The van der Waals surface area contributed by atoms with Crippen LogP contribution in [0.1, 0.15) is 35.8 Å². The molecule has 3 N–H and O–H groups in total. The fraction of sp³-hybridized carbons (Fsp3) is 0.318. The Hall–Kier alpha value is -3.60. The molecule has 2 heterocycles. The van der Waals surface area contributed by atoms with E-state index in [9.17, 15) is 33.0 Å². The Balaban J connectivity index is 2.17. The number of fused-ring (bicyclic) bond motifs is 1. The largest absolute Gasteiger partial charge is 0.479 e. The molecule has 1 aromatic carbocycles. The molecule has 0 radical (unpaired) electrons. The molecular formula is C22H22F3N3O5. The number of hydrogen-bond acceptors (Lipinski definition) is 6. The first kappa shape index (κ1) is 24.1. The quantitative estimate of drug-likeness (QED) is 0.438. The van der Waals surface area contributed by atoms with Gasteiger partial charge in [0.1, 0.15) is 11.2 Å². The number of halogens is 3. The normalized spacial score (nSPS) is 12.2. The maximum atomic E-state index is 13.5. The van der Waals surface area contributed by atoms with Crippen molar-refractivity contribution in [2.24, 2.45) is 5.92 Å². The minimum Gasteiger partial charge on any atom is -0.479 e. The second-order valence-electron chi connectivity index (χ2n) is 7.72. The predicted molar refractivity (Wildman–Crippen MR) is 114 cm³/mol. The summed E-state index contributed by atoms with van der Waals surface area (Å²) in [5.74, 6) is -5.85. The van der Waals surface area contributed by atoms with Gasteiger partial charge in [-0.3, -0.25) is 4.79 Å². The maximum Gasteiger partial charge on any atom is 0.341 e. The summed E-state index contributed by atoms with van der Waals surface area (Å²) in [6, 6.07) is 2.37. The standard InChI is InChI=1S/C22H22F3N3O5/c1-10(2)17(9-29)28-8-13(22(31)32)19(30)12-6-16(21(33-3)27-20(12)28)26-7-11-4-14(23)18(25)15(24)5-11/h4-6,8,10,17,26,29H,7,9H2,1-3H3,(H,31,32). The van der Waals surface area contributed by atoms with Crippen LogP contribution in [0.4, 0.5) is 18.9 Å². The third kappa shape index (κ3) is 4.63. The van der Waals surface area contributed by atoms with E-state index in [4.69, 9.17) is 4.74 Å². The molecule has 8 nitrogen and oxygen atoms in total. The molecule has 0 saturated carbocycles. The number of carboxylic acids is 1. The van der Waals surface area contributed by atoms with E-state index >= 15 is 0 Å². The summed E-state index contributed by atoms with van der Waals surface area (Å²) in [5, 5.41) is 22.1. The fourth-order valence-corrected chi connectivity index (χ4v) is 3.47. The second-order valence-corrected chi connectivity index (χ2v) is 7.72. The summed E-state index contributed by atoms with van der Waals surface area (Å²) >= 11 is 0. The highest BCUT2D eigenvalue weighted by atomic mass is 19.2. The molecule has 1 atom stereocenters. The zero-order chi connectivity index (χ0) is 24.4. The smallest absolute Gasteiger partial charge is 0.341 e. The number of ether oxygens (including phenoxy) is 1. The van der Waals surface area contributed by atoms with Gasteiger partial charge >= 0.3 is 5.97 Å². The number of aliphatic hydroxyl groups is 1. The molecule has 0 bridgehead atoms. The Bertz CT molecular complexity index is 1250. The van der Waals surface area contributed by atoms with Crippen LogP contribution >= 0.6 is 0 Å².